The van der Waals surface area contributed by atoms with E-state index in [0.29, 0.717) is 12.2 Å². The van der Waals surface area contributed by atoms with Gasteiger partial charge in [0.15, 0.2) is 0 Å². The first-order valence-electron chi connectivity index (χ1n) is 6.43. The van der Waals surface area contributed by atoms with Crippen LogP contribution in [0.1, 0.15) is 34.9 Å². The van der Waals surface area contributed by atoms with Crippen LogP contribution in [0.2, 0.25) is 0 Å². The molecule has 0 aliphatic heterocycles. The molecule has 2 nitrogen and oxygen atoms in total. The van der Waals surface area contributed by atoms with Crippen molar-refractivity contribution in [2.24, 2.45) is 0 Å². The maximum absolute atomic E-state index is 12.5. The minimum atomic E-state index is 0.0837. The Morgan fingerprint density at radius 3 is 3.11 bits per heavy atom. The summed E-state index contributed by atoms with van der Waals surface area (Å²) in [4.78, 5) is 18.2. The van der Waals surface area contributed by atoms with Crippen molar-refractivity contribution >= 4 is 33.0 Å². The molecule has 2 aromatic rings. The molecule has 0 aromatic carbocycles. The highest BCUT2D eigenvalue weighted by Crippen LogP contribution is 2.35. The van der Waals surface area contributed by atoms with Crippen LogP contribution in [0.5, 0.6) is 0 Å². The minimum absolute atomic E-state index is 0.0837. The molecule has 0 N–H and O–H groups in total. The summed E-state index contributed by atoms with van der Waals surface area (Å²) < 4.78 is 0.946. The summed E-state index contributed by atoms with van der Waals surface area (Å²) in [6.45, 7) is 0. The Hall–Kier alpha value is -1.00. The smallest absolute Gasteiger partial charge is 0.146 e. The second-order valence-electron chi connectivity index (χ2n) is 4.85. The van der Waals surface area contributed by atoms with E-state index in [1.165, 1.54) is 10.4 Å². The van der Waals surface area contributed by atoms with Crippen LogP contribution < -0.4 is 0 Å². The van der Waals surface area contributed by atoms with Crippen molar-refractivity contribution in [3.8, 4) is 0 Å². The summed E-state index contributed by atoms with van der Waals surface area (Å²) in [6.07, 6.45) is 5.43. The third kappa shape index (κ3) is 2.79. The van der Waals surface area contributed by atoms with Crippen LogP contribution in [0.4, 0.5) is 0 Å². The van der Waals surface area contributed by atoms with Gasteiger partial charge in [-0.05, 0) is 64.3 Å². The zero-order valence-corrected chi connectivity index (χ0v) is 12.8. The van der Waals surface area contributed by atoms with Gasteiger partial charge in [-0.3, -0.25) is 9.78 Å². The quantitative estimate of drug-likeness (QED) is 0.843. The molecule has 2 heterocycles. The number of fused-ring (bicyclic) bond motifs is 1. The summed E-state index contributed by atoms with van der Waals surface area (Å²) in [5, 5.41) is 2.11. The molecule has 0 bridgehead atoms. The number of hydrogen-bond donors (Lipinski definition) is 0. The van der Waals surface area contributed by atoms with Crippen LogP contribution in [0, 0.1) is 0 Å². The van der Waals surface area contributed by atoms with Crippen LogP contribution >= 0.6 is 27.3 Å². The number of ketones is 1. The van der Waals surface area contributed by atoms with Crippen molar-refractivity contribution in [3.63, 3.8) is 0 Å². The third-order valence-corrected chi connectivity index (χ3v) is 5.05. The van der Waals surface area contributed by atoms with Gasteiger partial charge in [-0.2, -0.15) is 0 Å². The van der Waals surface area contributed by atoms with Gasteiger partial charge in [0.05, 0.1) is 0 Å². The van der Waals surface area contributed by atoms with Crippen molar-refractivity contribution in [2.45, 2.75) is 31.6 Å². The lowest BCUT2D eigenvalue weighted by Gasteiger charge is -2.21. The van der Waals surface area contributed by atoms with E-state index in [0.717, 1.165) is 29.4 Å². The largest absolute Gasteiger partial charge is 0.299 e. The van der Waals surface area contributed by atoms with Crippen LogP contribution in [-0.4, -0.2) is 10.8 Å². The second kappa shape index (κ2) is 5.55. The molecule has 0 amide bonds. The summed E-state index contributed by atoms with van der Waals surface area (Å²) in [5.74, 6) is 0.384. The van der Waals surface area contributed by atoms with E-state index < -0.39 is 0 Å². The maximum atomic E-state index is 12.5. The first-order valence-corrected chi connectivity index (χ1v) is 8.11. The number of halogens is 1. The van der Waals surface area contributed by atoms with Gasteiger partial charge in [0.1, 0.15) is 5.78 Å². The molecule has 1 aliphatic rings. The van der Waals surface area contributed by atoms with Gasteiger partial charge in [0.2, 0.25) is 0 Å². The Kier molecular flexibility index (Phi) is 3.80. The number of thiophene rings is 1. The lowest BCUT2D eigenvalue weighted by molar-refractivity contribution is -0.120. The second-order valence-corrected chi connectivity index (χ2v) is 6.77. The standard InChI is InChI=1S/C15H14BrNOS/c16-10-4-5-11(17-9-10)8-14(18)12-2-1-3-15-13(12)6-7-19-15/h4-7,9,12H,1-3,8H2. The Bertz CT molecular complexity index is 590. The van der Waals surface area contributed by atoms with Crippen molar-refractivity contribution in [3.05, 3.63) is 50.4 Å². The lowest BCUT2D eigenvalue weighted by atomic mass is 9.83. The molecule has 4 heteroatoms. The summed E-state index contributed by atoms with van der Waals surface area (Å²) >= 11 is 5.14. The van der Waals surface area contributed by atoms with Crippen molar-refractivity contribution in [1.29, 1.82) is 0 Å². The number of nitrogens with zero attached hydrogens (tertiary/aromatic N) is 1. The van der Waals surface area contributed by atoms with E-state index in [-0.39, 0.29) is 5.92 Å². The lowest BCUT2D eigenvalue weighted by Crippen LogP contribution is -2.19. The fraction of sp³-hybridized carbons (Fsp3) is 0.333. The molecule has 3 rings (SSSR count). The normalized spacial score (nSPS) is 18.1. The first kappa shape index (κ1) is 13.0. The first-order chi connectivity index (χ1) is 9.24. The molecule has 19 heavy (non-hydrogen) atoms. The molecule has 1 atom stereocenters. The average Bonchev–Trinajstić information content (AvgIpc) is 2.89. The van der Waals surface area contributed by atoms with Crippen LogP contribution in [0.25, 0.3) is 0 Å². The van der Waals surface area contributed by atoms with E-state index >= 15 is 0 Å². The topological polar surface area (TPSA) is 30.0 Å². The predicted octanol–water partition coefficient (Wildman–Crippen LogP) is 4.14. The Balaban J connectivity index is 1.77. The van der Waals surface area contributed by atoms with E-state index in [4.69, 9.17) is 0 Å². The Morgan fingerprint density at radius 2 is 2.32 bits per heavy atom. The van der Waals surface area contributed by atoms with E-state index in [1.54, 1.807) is 17.5 Å². The van der Waals surface area contributed by atoms with E-state index in [2.05, 4.69) is 32.4 Å². The van der Waals surface area contributed by atoms with Crippen LogP contribution in [0.3, 0.4) is 0 Å². The number of carbonyl (C=O) groups is 1. The van der Waals surface area contributed by atoms with Crippen molar-refractivity contribution in [2.75, 3.05) is 0 Å². The highest BCUT2D eigenvalue weighted by atomic mass is 79.9. The highest BCUT2D eigenvalue weighted by Gasteiger charge is 2.27. The fourth-order valence-electron chi connectivity index (χ4n) is 2.63. The van der Waals surface area contributed by atoms with E-state index in [1.807, 2.05) is 12.1 Å². The van der Waals surface area contributed by atoms with Gasteiger partial charge < -0.3 is 0 Å². The zero-order valence-electron chi connectivity index (χ0n) is 10.4. The number of pyridine rings is 1. The summed E-state index contributed by atoms with van der Waals surface area (Å²) in [7, 11) is 0. The molecule has 1 aliphatic carbocycles. The summed E-state index contributed by atoms with van der Waals surface area (Å²) in [5.41, 5.74) is 2.12. The van der Waals surface area contributed by atoms with Crippen LogP contribution in [-0.2, 0) is 17.6 Å². The zero-order chi connectivity index (χ0) is 13.2. The molecule has 0 radical (unpaired) electrons. The molecule has 1 unspecified atom stereocenters. The molecule has 0 fully saturated rings. The number of aryl methyl sites for hydroxylation is 1. The molecule has 0 spiro atoms. The van der Waals surface area contributed by atoms with Crippen LogP contribution in [0.15, 0.2) is 34.2 Å². The number of carbonyl (C=O) groups excluding carboxylic acids is 1. The predicted molar refractivity (Wildman–Crippen MR) is 80.6 cm³/mol. The molecule has 0 saturated heterocycles. The number of rotatable bonds is 3. The Labute approximate surface area is 125 Å². The molecular weight excluding hydrogens is 322 g/mol. The third-order valence-electron chi connectivity index (χ3n) is 3.58. The monoisotopic (exact) mass is 335 g/mol. The summed E-state index contributed by atoms with van der Waals surface area (Å²) in [6, 6.07) is 5.97. The molecule has 0 saturated carbocycles. The van der Waals surface area contributed by atoms with Gasteiger partial charge in [0, 0.05) is 33.6 Å². The fourth-order valence-corrected chi connectivity index (χ4v) is 3.86. The van der Waals surface area contributed by atoms with E-state index in [9.17, 15) is 4.79 Å². The SMILES string of the molecule is O=C(Cc1ccc(Br)cn1)C1CCCc2sccc21. The van der Waals surface area contributed by atoms with Gasteiger partial charge in [-0.15, -0.1) is 11.3 Å². The molecule has 2 aromatic heterocycles. The van der Waals surface area contributed by atoms with Crippen molar-refractivity contribution in [1.82, 2.24) is 4.98 Å². The maximum Gasteiger partial charge on any atom is 0.146 e. The van der Waals surface area contributed by atoms with Gasteiger partial charge in [-0.25, -0.2) is 0 Å². The minimum Gasteiger partial charge on any atom is -0.299 e. The van der Waals surface area contributed by atoms with Gasteiger partial charge >= 0.3 is 0 Å². The Morgan fingerprint density at radius 1 is 1.42 bits per heavy atom. The molecule has 98 valence electrons. The van der Waals surface area contributed by atoms with Gasteiger partial charge in [0.25, 0.3) is 0 Å². The van der Waals surface area contributed by atoms with Crippen molar-refractivity contribution < 1.29 is 4.79 Å². The van der Waals surface area contributed by atoms with Gasteiger partial charge in [-0.1, -0.05) is 0 Å². The number of hydrogen-bond acceptors (Lipinski definition) is 3. The highest BCUT2D eigenvalue weighted by molar-refractivity contribution is 9.10. The average molecular weight is 336 g/mol. The number of aromatic nitrogens is 1. The number of Topliss-reactive ketones (excluding diaryl/α,β-unsaturated/α-hetero) is 1. The molecular formula is C15H14BrNOS.